The summed E-state index contributed by atoms with van der Waals surface area (Å²) in [6, 6.07) is 5.60. The summed E-state index contributed by atoms with van der Waals surface area (Å²) in [5, 5.41) is 25.3. The molecule has 1 heterocycles. The highest BCUT2D eigenvalue weighted by Crippen LogP contribution is 2.37. The molecule has 0 bridgehead atoms. The summed E-state index contributed by atoms with van der Waals surface area (Å²) >= 11 is 0. The molecule has 1 atom stereocenters. The van der Waals surface area contributed by atoms with Gasteiger partial charge < -0.3 is 30.0 Å². The van der Waals surface area contributed by atoms with Gasteiger partial charge in [0.25, 0.3) is 0 Å². The maximum atomic E-state index is 12.4. The Kier molecular flexibility index (Phi) is 7.24. The fourth-order valence-electron chi connectivity index (χ4n) is 2.83. The Bertz CT molecular complexity index is 952. The standard InChI is InChI=1S/C20H24N2O7/c1-11-8-16(25)19(27)20(29-11)14(10-18(26)22-7-6-21-12(2)23)13-4-5-15(24)17(9-13)28-3/h4-5,8-9,14,24,27H,6-7,10H2,1-3H3,(H,21,23)(H,22,26). The molecule has 2 aromatic rings. The Labute approximate surface area is 167 Å². The minimum atomic E-state index is -0.808. The van der Waals surface area contributed by atoms with Crippen molar-refractivity contribution < 1.29 is 29.0 Å². The lowest BCUT2D eigenvalue weighted by atomic mass is 9.91. The monoisotopic (exact) mass is 404 g/mol. The summed E-state index contributed by atoms with van der Waals surface area (Å²) in [5.41, 5.74) is -0.119. The molecule has 4 N–H and O–H groups in total. The number of carbonyl (C=O) groups excluding carboxylic acids is 2. The number of amides is 2. The fourth-order valence-corrected chi connectivity index (χ4v) is 2.83. The van der Waals surface area contributed by atoms with Crippen LogP contribution < -0.4 is 20.8 Å². The number of phenols is 1. The van der Waals surface area contributed by atoms with E-state index in [0.717, 1.165) is 6.07 Å². The average molecular weight is 404 g/mol. The second kappa shape index (κ2) is 9.63. The Hall–Kier alpha value is -3.49. The molecular formula is C20H24N2O7. The summed E-state index contributed by atoms with van der Waals surface area (Å²) in [6.45, 7) is 3.42. The smallest absolute Gasteiger partial charge is 0.227 e. The molecule has 1 aromatic heterocycles. The molecule has 1 unspecified atom stereocenters. The molecule has 2 amide bonds. The van der Waals surface area contributed by atoms with Crippen LogP contribution in [0.5, 0.6) is 17.2 Å². The zero-order valence-electron chi connectivity index (χ0n) is 16.4. The van der Waals surface area contributed by atoms with Gasteiger partial charge in [0.1, 0.15) is 5.76 Å². The van der Waals surface area contributed by atoms with Crippen molar-refractivity contribution in [2.45, 2.75) is 26.2 Å². The van der Waals surface area contributed by atoms with Crippen molar-refractivity contribution >= 4 is 11.8 Å². The van der Waals surface area contributed by atoms with Gasteiger partial charge in [0.15, 0.2) is 17.3 Å². The summed E-state index contributed by atoms with van der Waals surface area (Å²) in [5.74, 6) is -1.67. The summed E-state index contributed by atoms with van der Waals surface area (Å²) in [7, 11) is 1.38. The number of aryl methyl sites for hydroxylation is 1. The molecule has 9 heteroatoms. The minimum Gasteiger partial charge on any atom is -0.504 e. The van der Waals surface area contributed by atoms with Crippen LogP contribution >= 0.6 is 0 Å². The maximum Gasteiger partial charge on any atom is 0.227 e. The van der Waals surface area contributed by atoms with Gasteiger partial charge in [-0.15, -0.1) is 0 Å². The Morgan fingerprint density at radius 1 is 1.17 bits per heavy atom. The van der Waals surface area contributed by atoms with Crippen molar-refractivity contribution in [3.8, 4) is 17.2 Å². The highest BCUT2D eigenvalue weighted by atomic mass is 16.5. The molecule has 0 fully saturated rings. The van der Waals surface area contributed by atoms with Crippen LogP contribution in [-0.2, 0) is 9.59 Å². The lowest BCUT2D eigenvalue weighted by Crippen LogP contribution is -2.34. The molecule has 0 saturated carbocycles. The zero-order valence-corrected chi connectivity index (χ0v) is 16.4. The van der Waals surface area contributed by atoms with E-state index in [1.165, 1.54) is 26.2 Å². The van der Waals surface area contributed by atoms with E-state index < -0.39 is 17.1 Å². The SMILES string of the molecule is COc1cc(C(CC(=O)NCCNC(C)=O)c2oc(C)cc(=O)c2O)ccc1O. The van der Waals surface area contributed by atoms with Gasteiger partial charge in [0, 0.05) is 32.5 Å². The highest BCUT2D eigenvalue weighted by molar-refractivity contribution is 5.78. The summed E-state index contributed by atoms with van der Waals surface area (Å²) in [6.07, 6.45) is -0.145. The van der Waals surface area contributed by atoms with Gasteiger partial charge in [-0.05, 0) is 24.6 Å². The second-order valence-electron chi connectivity index (χ2n) is 6.46. The highest BCUT2D eigenvalue weighted by Gasteiger charge is 2.26. The summed E-state index contributed by atoms with van der Waals surface area (Å²) < 4.78 is 10.7. The van der Waals surface area contributed by atoms with Crippen LogP contribution in [0.1, 0.15) is 36.3 Å². The number of hydrogen-bond donors (Lipinski definition) is 4. The van der Waals surface area contributed by atoms with Gasteiger partial charge in [0.05, 0.1) is 13.0 Å². The van der Waals surface area contributed by atoms with Crippen molar-refractivity contribution in [1.29, 1.82) is 0 Å². The number of phenolic OH excluding ortho intramolecular Hbond substituents is 1. The van der Waals surface area contributed by atoms with Crippen molar-refractivity contribution in [2.24, 2.45) is 0 Å². The second-order valence-corrected chi connectivity index (χ2v) is 6.46. The van der Waals surface area contributed by atoms with Crippen LogP contribution in [-0.4, -0.2) is 42.2 Å². The maximum absolute atomic E-state index is 12.4. The molecule has 29 heavy (non-hydrogen) atoms. The number of benzene rings is 1. The number of ether oxygens (including phenoxy) is 1. The van der Waals surface area contributed by atoms with Gasteiger partial charge in [0.2, 0.25) is 23.0 Å². The van der Waals surface area contributed by atoms with E-state index in [2.05, 4.69) is 10.6 Å². The largest absolute Gasteiger partial charge is 0.504 e. The fraction of sp³-hybridized carbons (Fsp3) is 0.350. The molecule has 9 nitrogen and oxygen atoms in total. The van der Waals surface area contributed by atoms with E-state index in [4.69, 9.17) is 9.15 Å². The Morgan fingerprint density at radius 3 is 2.52 bits per heavy atom. The van der Waals surface area contributed by atoms with Gasteiger partial charge in [-0.3, -0.25) is 14.4 Å². The van der Waals surface area contributed by atoms with Crippen molar-refractivity contribution in [2.75, 3.05) is 20.2 Å². The van der Waals surface area contributed by atoms with Gasteiger partial charge in [-0.2, -0.15) is 0 Å². The number of rotatable bonds is 8. The molecule has 1 aromatic carbocycles. The summed E-state index contributed by atoms with van der Waals surface area (Å²) in [4.78, 5) is 35.4. The molecule has 156 valence electrons. The number of hydrogen-bond acceptors (Lipinski definition) is 7. The van der Waals surface area contributed by atoms with Crippen LogP contribution in [0.2, 0.25) is 0 Å². The van der Waals surface area contributed by atoms with Gasteiger partial charge in [-0.1, -0.05) is 6.07 Å². The van der Waals surface area contributed by atoms with Gasteiger partial charge >= 0.3 is 0 Å². The Morgan fingerprint density at radius 2 is 1.86 bits per heavy atom. The topological polar surface area (TPSA) is 138 Å². The van der Waals surface area contributed by atoms with Crippen LogP contribution in [0.15, 0.2) is 33.5 Å². The number of carbonyl (C=O) groups is 2. The Balaban J connectivity index is 2.35. The molecule has 0 aliphatic rings. The van der Waals surface area contributed by atoms with Gasteiger partial charge in [-0.25, -0.2) is 0 Å². The first-order chi connectivity index (χ1) is 13.7. The molecular weight excluding hydrogens is 380 g/mol. The van der Waals surface area contributed by atoms with E-state index in [1.54, 1.807) is 13.0 Å². The van der Waals surface area contributed by atoms with E-state index in [0.29, 0.717) is 5.56 Å². The van der Waals surface area contributed by atoms with E-state index in [-0.39, 0.29) is 54.3 Å². The van der Waals surface area contributed by atoms with Crippen LogP contribution in [0.3, 0.4) is 0 Å². The molecule has 0 aliphatic heterocycles. The van der Waals surface area contributed by atoms with E-state index >= 15 is 0 Å². The van der Waals surface area contributed by atoms with Crippen molar-refractivity contribution in [1.82, 2.24) is 10.6 Å². The van der Waals surface area contributed by atoms with E-state index in [1.807, 2.05) is 0 Å². The van der Waals surface area contributed by atoms with Crippen molar-refractivity contribution in [3.63, 3.8) is 0 Å². The predicted octanol–water partition coefficient (Wildman–Crippen LogP) is 1.14. The first-order valence-corrected chi connectivity index (χ1v) is 8.94. The molecule has 0 saturated heterocycles. The number of nitrogens with one attached hydrogen (secondary N) is 2. The zero-order chi connectivity index (χ0) is 21.6. The third kappa shape index (κ3) is 5.74. The molecule has 0 spiro atoms. The van der Waals surface area contributed by atoms with Crippen LogP contribution in [0.4, 0.5) is 0 Å². The number of methoxy groups -OCH3 is 1. The van der Waals surface area contributed by atoms with Crippen molar-refractivity contribution in [3.05, 3.63) is 51.6 Å². The predicted molar refractivity (Wildman–Crippen MR) is 104 cm³/mol. The third-order valence-corrected chi connectivity index (χ3v) is 4.21. The minimum absolute atomic E-state index is 0.0558. The average Bonchev–Trinajstić information content (AvgIpc) is 2.66. The normalized spacial score (nSPS) is 11.6. The molecule has 0 radical (unpaired) electrons. The quantitative estimate of drug-likeness (QED) is 0.484. The first kappa shape index (κ1) is 21.8. The van der Waals surface area contributed by atoms with E-state index in [9.17, 15) is 24.6 Å². The lowest BCUT2D eigenvalue weighted by Gasteiger charge is -2.19. The third-order valence-electron chi connectivity index (χ3n) is 4.21. The lowest BCUT2D eigenvalue weighted by molar-refractivity contribution is -0.122. The van der Waals surface area contributed by atoms with Crippen LogP contribution in [0, 0.1) is 6.92 Å². The molecule has 0 aliphatic carbocycles. The first-order valence-electron chi connectivity index (χ1n) is 8.94. The number of aromatic hydroxyl groups is 2. The van der Waals surface area contributed by atoms with Crippen LogP contribution in [0.25, 0.3) is 0 Å². The molecule has 2 rings (SSSR count).